The van der Waals surface area contributed by atoms with Crippen LogP contribution in [0.2, 0.25) is 5.02 Å². The van der Waals surface area contributed by atoms with Crippen LogP contribution in [-0.2, 0) is 0 Å². The van der Waals surface area contributed by atoms with Crippen LogP contribution >= 0.6 is 11.6 Å². The van der Waals surface area contributed by atoms with E-state index < -0.39 is 0 Å². The van der Waals surface area contributed by atoms with Crippen LogP contribution in [0.5, 0.6) is 0 Å². The van der Waals surface area contributed by atoms with E-state index in [2.05, 4.69) is 37.3 Å². The zero-order chi connectivity index (χ0) is 22.8. The number of likely N-dealkylation sites (tertiary alicyclic amines) is 1. The van der Waals surface area contributed by atoms with Crippen LogP contribution in [0.25, 0.3) is 22.2 Å². The Bertz CT molecular complexity index is 1270. The summed E-state index contributed by atoms with van der Waals surface area (Å²) in [7, 11) is 0. The average molecular weight is 466 g/mol. The first-order valence-corrected chi connectivity index (χ1v) is 11.5. The van der Waals surface area contributed by atoms with Crippen LogP contribution in [0.3, 0.4) is 0 Å². The van der Waals surface area contributed by atoms with Crippen LogP contribution in [0.15, 0.2) is 54.9 Å². The Morgan fingerprint density at radius 3 is 2.85 bits per heavy atom. The van der Waals surface area contributed by atoms with Gasteiger partial charge in [-0.3, -0.25) is 0 Å². The molecular formula is C25H25ClFN5O. The highest BCUT2D eigenvalue weighted by Crippen LogP contribution is 2.34. The molecule has 6 nitrogen and oxygen atoms in total. The van der Waals surface area contributed by atoms with E-state index >= 15 is 0 Å². The number of β-amino-alcohol motifs (C(OH)–C–C–N with tert-alkyl or cyclic N) is 1. The SMILES string of the molecule is OCCN1CCC(c2cccc(Nc3ncc(Cl)c(-c4c[nH]c5cc(F)ccc45)n3)c2)CC1. The molecular weight excluding hydrogens is 441 g/mol. The number of H-pyrrole nitrogens is 1. The first-order valence-electron chi connectivity index (χ1n) is 11.1. The Kier molecular flexibility index (Phi) is 6.26. The molecule has 1 aliphatic rings. The van der Waals surface area contributed by atoms with E-state index in [0.717, 1.165) is 49.1 Å². The molecule has 2 aromatic heterocycles. The molecule has 33 heavy (non-hydrogen) atoms. The van der Waals surface area contributed by atoms with Gasteiger partial charge in [-0.25, -0.2) is 14.4 Å². The maximum absolute atomic E-state index is 13.6. The van der Waals surface area contributed by atoms with Crippen LogP contribution < -0.4 is 5.32 Å². The summed E-state index contributed by atoms with van der Waals surface area (Å²) in [6.45, 7) is 2.96. The van der Waals surface area contributed by atoms with Gasteiger partial charge in [0.05, 0.1) is 23.5 Å². The molecule has 0 unspecified atom stereocenters. The predicted octanol–water partition coefficient (Wildman–Crippen LogP) is 5.33. The highest BCUT2D eigenvalue weighted by molar-refractivity contribution is 6.33. The number of anilines is 2. The molecule has 0 aliphatic carbocycles. The third-order valence-electron chi connectivity index (χ3n) is 6.26. The predicted molar refractivity (Wildman–Crippen MR) is 130 cm³/mol. The lowest BCUT2D eigenvalue weighted by Gasteiger charge is -2.31. The molecule has 170 valence electrons. The minimum atomic E-state index is -0.300. The summed E-state index contributed by atoms with van der Waals surface area (Å²) in [4.78, 5) is 14.4. The van der Waals surface area contributed by atoms with E-state index in [1.165, 1.54) is 17.7 Å². The number of nitrogens with one attached hydrogen (secondary N) is 2. The molecule has 0 atom stereocenters. The van der Waals surface area contributed by atoms with Crippen molar-refractivity contribution in [1.29, 1.82) is 0 Å². The topological polar surface area (TPSA) is 77.1 Å². The molecule has 0 amide bonds. The fourth-order valence-corrected chi connectivity index (χ4v) is 4.73. The van der Waals surface area contributed by atoms with Gasteiger partial charge in [0, 0.05) is 34.9 Å². The number of aliphatic hydroxyl groups excluding tert-OH is 1. The fourth-order valence-electron chi connectivity index (χ4n) is 4.54. The molecule has 4 aromatic rings. The highest BCUT2D eigenvalue weighted by Gasteiger charge is 2.20. The lowest BCUT2D eigenvalue weighted by molar-refractivity contribution is 0.164. The molecule has 1 saturated heterocycles. The summed E-state index contributed by atoms with van der Waals surface area (Å²) < 4.78 is 13.6. The lowest BCUT2D eigenvalue weighted by Crippen LogP contribution is -2.34. The van der Waals surface area contributed by atoms with Gasteiger partial charge in [0.15, 0.2) is 0 Å². The number of nitrogens with zero attached hydrogens (tertiary/aromatic N) is 3. The van der Waals surface area contributed by atoms with Crippen molar-refractivity contribution in [2.75, 3.05) is 31.6 Å². The maximum atomic E-state index is 13.6. The van der Waals surface area contributed by atoms with Crippen LogP contribution in [-0.4, -0.2) is 51.2 Å². The molecule has 0 spiro atoms. The maximum Gasteiger partial charge on any atom is 0.227 e. The summed E-state index contributed by atoms with van der Waals surface area (Å²) in [5, 5.41) is 13.7. The van der Waals surface area contributed by atoms with Crippen LogP contribution in [0.1, 0.15) is 24.3 Å². The number of piperidine rings is 1. The minimum Gasteiger partial charge on any atom is -0.395 e. The van der Waals surface area contributed by atoms with Crippen molar-refractivity contribution in [3.63, 3.8) is 0 Å². The molecule has 5 rings (SSSR count). The monoisotopic (exact) mass is 465 g/mol. The summed E-state index contributed by atoms with van der Waals surface area (Å²) in [5.74, 6) is 0.641. The number of aromatic nitrogens is 3. The number of rotatable bonds is 6. The normalized spacial score (nSPS) is 15.2. The van der Waals surface area contributed by atoms with Crippen LogP contribution in [0, 0.1) is 5.82 Å². The van der Waals surface area contributed by atoms with Crippen molar-refractivity contribution >= 4 is 34.1 Å². The van der Waals surface area contributed by atoms with E-state index in [1.807, 2.05) is 12.1 Å². The van der Waals surface area contributed by atoms with Gasteiger partial charge in [0.1, 0.15) is 5.82 Å². The first kappa shape index (κ1) is 21.8. The van der Waals surface area contributed by atoms with Crippen molar-refractivity contribution in [2.24, 2.45) is 0 Å². The first-order chi connectivity index (χ1) is 16.1. The Morgan fingerprint density at radius 1 is 1.18 bits per heavy atom. The summed E-state index contributed by atoms with van der Waals surface area (Å²) >= 11 is 6.42. The number of aromatic amines is 1. The minimum absolute atomic E-state index is 0.211. The molecule has 3 heterocycles. The van der Waals surface area contributed by atoms with Crippen molar-refractivity contribution < 1.29 is 9.50 Å². The van der Waals surface area contributed by atoms with Gasteiger partial charge >= 0.3 is 0 Å². The van der Waals surface area contributed by atoms with Gasteiger partial charge in [-0.1, -0.05) is 23.7 Å². The number of fused-ring (bicyclic) bond motifs is 1. The molecule has 0 radical (unpaired) electrons. The zero-order valence-corrected chi connectivity index (χ0v) is 18.8. The Balaban J connectivity index is 1.37. The van der Waals surface area contributed by atoms with Gasteiger partial charge in [0.25, 0.3) is 0 Å². The van der Waals surface area contributed by atoms with Gasteiger partial charge in [0.2, 0.25) is 5.95 Å². The molecule has 3 N–H and O–H groups in total. The number of aliphatic hydroxyl groups is 1. The van der Waals surface area contributed by atoms with E-state index in [-0.39, 0.29) is 12.4 Å². The Hall–Kier alpha value is -3.00. The zero-order valence-electron chi connectivity index (χ0n) is 18.1. The lowest BCUT2D eigenvalue weighted by atomic mass is 9.89. The van der Waals surface area contributed by atoms with E-state index in [9.17, 15) is 4.39 Å². The number of hydrogen-bond acceptors (Lipinski definition) is 5. The second-order valence-corrected chi connectivity index (χ2v) is 8.78. The van der Waals surface area contributed by atoms with Crippen molar-refractivity contribution in [3.8, 4) is 11.3 Å². The number of halogens is 2. The van der Waals surface area contributed by atoms with Gasteiger partial charge < -0.3 is 20.3 Å². The second kappa shape index (κ2) is 9.47. The van der Waals surface area contributed by atoms with Gasteiger partial charge in [-0.15, -0.1) is 0 Å². The number of hydrogen-bond donors (Lipinski definition) is 3. The molecule has 1 fully saturated rings. The van der Waals surface area contributed by atoms with Crippen LogP contribution in [0.4, 0.5) is 16.0 Å². The quantitative estimate of drug-likeness (QED) is 0.358. The molecule has 1 aliphatic heterocycles. The van der Waals surface area contributed by atoms with E-state index in [0.29, 0.717) is 28.1 Å². The average Bonchev–Trinajstić information content (AvgIpc) is 3.24. The largest absolute Gasteiger partial charge is 0.395 e. The Labute approximate surface area is 196 Å². The molecule has 0 saturated carbocycles. The summed E-state index contributed by atoms with van der Waals surface area (Å²) in [5.41, 5.74) is 4.27. The smallest absolute Gasteiger partial charge is 0.227 e. The number of benzene rings is 2. The third kappa shape index (κ3) is 4.71. The second-order valence-electron chi connectivity index (χ2n) is 8.37. The molecule has 2 aromatic carbocycles. The van der Waals surface area contributed by atoms with Crippen molar-refractivity contribution in [1.82, 2.24) is 19.9 Å². The summed E-state index contributed by atoms with van der Waals surface area (Å²) in [6, 6.07) is 13.0. The van der Waals surface area contributed by atoms with Gasteiger partial charge in [-0.05, 0) is 67.7 Å². The third-order valence-corrected chi connectivity index (χ3v) is 6.54. The van der Waals surface area contributed by atoms with Gasteiger partial charge in [-0.2, -0.15) is 0 Å². The van der Waals surface area contributed by atoms with E-state index in [4.69, 9.17) is 16.7 Å². The molecule has 8 heteroatoms. The standard InChI is InChI=1S/C25H25ClFN5O/c26-22-15-29-25(31-24(22)21-14-28-23-13-18(27)4-5-20(21)23)30-19-3-1-2-17(12-19)16-6-8-32(9-7-16)10-11-33/h1-5,12-16,28,33H,6-11H2,(H,29,30,31). The summed E-state index contributed by atoms with van der Waals surface area (Å²) in [6.07, 6.45) is 5.51. The Morgan fingerprint density at radius 2 is 2.03 bits per heavy atom. The van der Waals surface area contributed by atoms with Crippen molar-refractivity contribution in [2.45, 2.75) is 18.8 Å². The van der Waals surface area contributed by atoms with Crippen molar-refractivity contribution in [3.05, 3.63) is 71.3 Å². The molecule has 0 bridgehead atoms. The highest BCUT2D eigenvalue weighted by atomic mass is 35.5. The van der Waals surface area contributed by atoms with E-state index in [1.54, 1.807) is 18.5 Å². The fraction of sp³-hybridized carbons (Fsp3) is 0.280.